The molecule has 0 aromatic heterocycles. The van der Waals surface area contributed by atoms with Crippen LogP contribution in [0.4, 0.5) is 5.69 Å². The average molecular weight is 400 g/mol. The van der Waals surface area contributed by atoms with E-state index in [1.165, 1.54) is 0 Å². The Labute approximate surface area is 176 Å². The summed E-state index contributed by atoms with van der Waals surface area (Å²) in [7, 11) is 0. The van der Waals surface area contributed by atoms with Gasteiger partial charge in [0.2, 0.25) is 11.8 Å². The van der Waals surface area contributed by atoms with Crippen LogP contribution >= 0.6 is 0 Å². The van der Waals surface area contributed by atoms with Gasteiger partial charge in [0, 0.05) is 25.2 Å². The number of para-hydroxylation sites is 1. The summed E-state index contributed by atoms with van der Waals surface area (Å²) in [4.78, 5) is 26.5. The molecule has 0 bridgehead atoms. The maximum Gasteiger partial charge on any atom is 0.227 e. The van der Waals surface area contributed by atoms with Crippen molar-refractivity contribution < 1.29 is 14.3 Å². The molecule has 1 unspecified atom stereocenters. The molecular formula is C25H24N2O3. The summed E-state index contributed by atoms with van der Waals surface area (Å²) in [6.45, 7) is 1.36. The van der Waals surface area contributed by atoms with Crippen LogP contribution in [0.5, 0.6) is 5.75 Å². The van der Waals surface area contributed by atoms with E-state index in [2.05, 4.69) is 5.32 Å². The number of anilines is 1. The Kier molecular flexibility index (Phi) is 6.09. The van der Waals surface area contributed by atoms with Crippen LogP contribution in [0.1, 0.15) is 17.5 Å². The van der Waals surface area contributed by atoms with Crippen molar-refractivity contribution in [2.75, 3.05) is 11.4 Å². The van der Waals surface area contributed by atoms with E-state index in [1.807, 2.05) is 84.9 Å². The predicted octanol–water partition coefficient (Wildman–Crippen LogP) is 3.93. The summed E-state index contributed by atoms with van der Waals surface area (Å²) >= 11 is 0. The molecule has 5 heteroatoms. The third-order valence-electron chi connectivity index (χ3n) is 5.20. The molecule has 0 radical (unpaired) electrons. The molecule has 4 rings (SSSR count). The van der Waals surface area contributed by atoms with Gasteiger partial charge in [-0.2, -0.15) is 0 Å². The minimum atomic E-state index is -0.328. The normalized spacial score (nSPS) is 15.8. The molecule has 1 N–H and O–H groups in total. The smallest absolute Gasteiger partial charge is 0.227 e. The van der Waals surface area contributed by atoms with Gasteiger partial charge in [0.25, 0.3) is 0 Å². The molecule has 152 valence electrons. The quantitative estimate of drug-likeness (QED) is 0.654. The maximum absolute atomic E-state index is 12.6. The highest BCUT2D eigenvalue weighted by atomic mass is 16.5. The number of carbonyl (C=O) groups excluding carboxylic acids is 2. The van der Waals surface area contributed by atoms with Crippen LogP contribution in [0.3, 0.4) is 0 Å². The SMILES string of the molecule is O=C(NCc1ccc(OCc2ccccc2)cc1)C1CC(=O)N(c2ccccc2)C1. The first kappa shape index (κ1) is 19.7. The van der Waals surface area contributed by atoms with Crippen molar-refractivity contribution in [3.05, 3.63) is 96.1 Å². The van der Waals surface area contributed by atoms with Crippen LogP contribution in [0.2, 0.25) is 0 Å². The molecular weight excluding hydrogens is 376 g/mol. The van der Waals surface area contributed by atoms with Crippen molar-refractivity contribution >= 4 is 17.5 Å². The lowest BCUT2D eigenvalue weighted by atomic mass is 10.1. The lowest BCUT2D eigenvalue weighted by molar-refractivity contribution is -0.126. The number of nitrogens with one attached hydrogen (secondary N) is 1. The number of ether oxygens (including phenoxy) is 1. The van der Waals surface area contributed by atoms with Crippen molar-refractivity contribution in [1.29, 1.82) is 0 Å². The third kappa shape index (κ3) is 4.87. The lowest BCUT2D eigenvalue weighted by Crippen LogP contribution is -2.32. The van der Waals surface area contributed by atoms with Gasteiger partial charge >= 0.3 is 0 Å². The van der Waals surface area contributed by atoms with Crippen LogP contribution in [-0.2, 0) is 22.7 Å². The number of amides is 2. The molecule has 5 nitrogen and oxygen atoms in total. The van der Waals surface area contributed by atoms with Crippen molar-refractivity contribution in [3.8, 4) is 5.75 Å². The second-order valence-electron chi connectivity index (χ2n) is 7.38. The van der Waals surface area contributed by atoms with E-state index < -0.39 is 0 Å². The van der Waals surface area contributed by atoms with Gasteiger partial charge in [0.05, 0.1) is 5.92 Å². The van der Waals surface area contributed by atoms with E-state index in [1.54, 1.807) is 4.90 Å². The Hall–Kier alpha value is -3.60. The highest BCUT2D eigenvalue weighted by molar-refractivity contribution is 6.00. The molecule has 3 aromatic carbocycles. The topological polar surface area (TPSA) is 58.6 Å². The fourth-order valence-electron chi connectivity index (χ4n) is 3.52. The monoisotopic (exact) mass is 400 g/mol. The molecule has 2 amide bonds. The summed E-state index contributed by atoms with van der Waals surface area (Å²) < 4.78 is 5.79. The number of benzene rings is 3. The molecule has 0 spiro atoms. The van der Waals surface area contributed by atoms with E-state index >= 15 is 0 Å². The summed E-state index contributed by atoms with van der Waals surface area (Å²) in [6, 6.07) is 27.2. The van der Waals surface area contributed by atoms with Crippen LogP contribution in [0.15, 0.2) is 84.9 Å². The molecule has 1 heterocycles. The van der Waals surface area contributed by atoms with Gasteiger partial charge in [0.1, 0.15) is 12.4 Å². The van der Waals surface area contributed by atoms with Gasteiger partial charge < -0.3 is 15.0 Å². The highest BCUT2D eigenvalue weighted by Gasteiger charge is 2.34. The van der Waals surface area contributed by atoms with E-state index in [0.717, 1.165) is 22.6 Å². The Morgan fingerprint density at radius 2 is 1.57 bits per heavy atom. The first-order chi connectivity index (χ1) is 14.7. The van der Waals surface area contributed by atoms with E-state index in [-0.39, 0.29) is 24.2 Å². The summed E-state index contributed by atoms with van der Waals surface area (Å²) in [5, 5.41) is 2.95. The first-order valence-corrected chi connectivity index (χ1v) is 10.1. The zero-order chi connectivity index (χ0) is 20.8. The van der Waals surface area contributed by atoms with Crippen LogP contribution < -0.4 is 15.0 Å². The van der Waals surface area contributed by atoms with Crippen LogP contribution in [0.25, 0.3) is 0 Å². The maximum atomic E-state index is 12.6. The number of hydrogen-bond acceptors (Lipinski definition) is 3. The van der Waals surface area contributed by atoms with Crippen molar-refractivity contribution in [2.45, 2.75) is 19.6 Å². The summed E-state index contributed by atoms with van der Waals surface area (Å²) in [5.41, 5.74) is 2.94. The van der Waals surface area contributed by atoms with Gasteiger partial charge in [-0.25, -0.2) is 0 Å². The summed E-state index contributed by atoms with van der Waals surface area (Å²) in [5.74, 6) is 0.354. The van der Waals surface area contributed by atoms with Crippen molar-refractivity contribution in [2.24, 2.45) is 5.92 Å². The van der Waals surface area contributed by atoms with E-state index in [9.17, 15) is 9.59 Å². The Morgan fingerprint density at radius 3 is 2.27 bits per heavy atom. The number of nitrogens with zero attached hydrogens (tertiary/aromatic N) is 1. The van der Waals surface area contributed by atoms with Gasteiger partial charge in [-0.3, -0.25) is 9.59 Å². The zero-order valence-electron chi connectivity index (χ0n) is 16.7. The molecule has 30 heavy (non-hydrogen) atoms. The molecule has 0 aliphatic carbocycles. The molecule has 1 aliphatic heterocycles. The predicted molar refractivity (Wildman–Crippen MR) is 116 cm³/mol. The standard InChI is InChI=1S/C25H24N2O3/c28-24-15-21(17-27(24)22-9-5-2-6-10-22)25(29)26-16-19-11-13-23(14-12-19)30-18-20-7-3-1-4-8-20/h1-14,21H,15-18H2,(H,26,29). The number of rotatable bonds is 7. The molecule has 0 saturated carbocycles. The molecule has 1 atom stereocenters. The molecule has 1 fully saturated rings. The van der Waals surface area contributed by atoms with E-state index in [0.29, 0.717) is 19.7 Å². The van der Waals surface area contributed by atoms with Gasteiger partial charge in [-0.15, -0.1) is 0 Å². The van der Waals surface area contributed by atoms with Crippen molar-refractivity contribution in [1.82, 2.24) is 5.32 Å². The van der Waals surface area contributed by atoms with E-state index in [4.69, 9.17) is 4.74 Å². The number of hydrogen-bond donors (Lipinski definition) is 1. The van der Waals surface area contributed by atoms with Gasteiger partial charge in [0.15, 0.2) is 0 Å². The molecule has 1 aliphatic rings. The van der Waals surface area contributed by atoms with Crippen LogP contribution in [0, 0.1) is 5.92 Å². The van der Waals surface area contributed by atoms with Crippen molar-refractivity contribution in [3.63, 3.8) is 0 Å². The highest BCUT2D eigenvalue weighted by Crippen LogP contribution is 2.25. The summed E-state index contributed by atoms with van der Waals surface area (Å²) in [6.07, 6.45) is 0.243. The minimum absolute atomic E-state index is 0.0127. The van der Waals surface area contributed by atoms with Crippen LogP contribution in [-0.4, -0.2) is 18.4 Å². The second kappa shape index (κ2) is 9.27. The fraction of sp³-hybridized carbons (Fsp3) is 0.200. The Bertz CT molecular complexity index is 988. The zero-order valence-corrected chi connectivity index (χ0v) is 16.7. The fourth-order valence-corrected chi connectivity index (χ4v) is 3.52. The molecule has 3 aromatic rings. The van der Waals surface area contributed by atoms with Gasteiger partial charge in [-0.1, -0.05) is 60.7 Å². The minimum Gasteiger partial charge on any atom is -0.489 e. The second-order valence-corrected chi connectivity index (χ2v) is 7.38. The lowest BCUT2D eigenvalue weighted by Gasteiger charge is -2.16. The first-order valence-electron chi connectivity index (χ1n) is 10.1. The largest absolute Gasteiger partial charge is 0.489 e. The number of carbonyl (C=O) groups is 2. The Morgan fingerprint density at radius 1 is 0.900 bits per heavy atom. The van der Waals surface area contributed by atoms with Gasteiger partial charge in [-0.05, 0) is 35.4 Å². The average Bonchev–Trinajstić information content (AvgIpc) is 3.20. The Balaban J connectivity index is 1.26. The molecule has 1 saturated heterocycles. The third-order valence-corrected chi connectivity index (χ3v) is 5.20.